The number of amides is 3. The van der Waals surface area contributed by atoms with Crippen LogP contribution >= 0.6 is 7.14 Å². The number of benzene rings is 3. The Balaban J connectivity index is 1.79. The minimum absolute atomic E-state index is 0.0767. The van der Waals surface area contributed by atoms with Gasteiger partial charge < -0.3 is 25.3 Å². The Labute approximate surface area is 286 Å². The van der Waals surface area contributed by atoms with Crippen molar-refractivity contribution in [2.24, 2.45) is 17.8 Å². The van der Waals surface area contributed by atoms with E-state index in [4.69, 9.17) is 4.74 Å². The molecule has 0 radical (unpaired) electrons. The second-order valence-electron chi connectivity index (χ2n) is 13.5. The first-order valence-corrected chi connectivity index (χ1v) is 18.6. The molecule has 0 bridgehead atoms. The van der Waals surface area contributed by atoms with Crippen molar-refractivity contribution in [3.8, 4) is 0 Å². The van der Waals surface area contributed by atoms with Crippen LogP contribution in [0.3, 0.4) is 0 Å². The summed E-state index contributed by atoms with van der Waals surface area (Å²) in [6, 6.07) is 25.9. The third-order valence-corrected chi connectivity index (χ3v) is 10.5. The van der Waals surface area contributed by atoms with Crippen molar-refractivity contribution < 1.29 is 23.7 Å². The second kappa shape index (κ2) is 19.0. The molecule has 0 heterocycles. The summed E-state index contributed by atoms with van der Waals surface area (Å²) in [6.07, 6.45) is 2.51. The molecule has 3 rings (SSSR count). The van der Waals surface area contributed by atoms with Gasteiger partial charge >= 0.3 is 6.09 Å². The van der Waals surface area contributed by atoms with E-state index in [9.17, 15) is 18.9 Å². The van der Waals surface area contributed by atoms with Gasteiger partial charge in [0.05, 0.1) is 0 Å². The fourth-order valence-electron chi connectivity index (χ4n) is 5.41. The van der Waals surface area contributed by atoms with Crippen LogP contribution < -0.4 is 26.6 Å². The lowest BCUT2D eigenvalue weighted by Gasteiger charge is -2.27. The molecule has 258 valence electrons. The van der Waals surface area contributed by atoms with E-state index in [1.807, 2.05) is 125 Å². The molecule has 9 heteroatoms. The average Bonchev–Trinajstić information content (AvgIpc) is 3.06. The lowest BCUT2D eigenvalue weighted by molar-refractivity contribution is -0.130. The minimum Gasteiger partial charge on any atom is -0.445 e. The van der Waals surface area contributed by atoms with E-state index in [1.54, 1.807) is 5.82 Å². The monoisotopic (exact) mass is 673 g/mol. The molecular formula is C39H52N3O5P. The molecule has 3 aromatic carbocycles. The van der Waals surface area contributed by atoms with E-state index in [0.717, 1.165) is 5.56 Å². The van der Waals surface area contributed by atoms with E-state index in [-0.39, 0.29) is 30.3 Å². The van der Waals surface area contributed by atoms with Crippen LogP contribution in [0.1, 0.15) is 66.4 Å². The van der Waals surface area contributed by atoms with Crippen LogP contribution in [0.4, 0.5) is 4.79 Å². The van der Waals surface area contributed by atoms with Gasteiger partial charge in [-0.3, -0.25) is 9.59 Å². The van der Waals surface area contributed by atoms with Crippen LogP contribution in [0.5, 0.6) is 0 Å². The van der Waals surface area contributed by atoms with Crippen LogP contribution in [0.15, 0.2) is 103 Å². The lowest BCUT2D eigenvalue weighted by atomic mass is 9.99. The topological polar surface area (TPSA) is 114 Å². The Morgan fingerprint density at radius 2 is 1.06 bits per heavy atom. The fourth-order valence-corrected chi connectivity index (χ4v) is 7.73. The zero-order chi connectivity index (χ0) is 35.1. The number of hydrogen-bond donors (Lipinski definition) is 3. The van der Waals surface area contributed by atoms with Crippen LogP contribution in [-0.2, 0) is 25.5 Å². The minimum atomic E-state index is -3.15. The normalized spacial score (nSPS) is 13.7. The summed E-state index contributed by atoms with van der Waals surface area (Å²) in [5.41, 5.74) is 0.833. The number of rotatable bonds is 17. The van der Waals surface area contributed by atoms with Crippen LogP contribution in [0.2, 0.25) is 0 Å². The third-order valence-electron chi connectivity index (χ3n) is 7.73. The number of hydrogen-bond acceptors (Lipinski definition) is 5. The largest absolute Gasteiger partial charge is 0.445 e. The van der Waals surface area contributed by atoms with Gasteiger partial charge in [-0.25, -0.2) is 4.79 Å². The molecular weight excluding hydrogens is 621 g/mol. The fraction of sp³-hybridized carbons (Fsp3) is 0.410. The van der Waals surface area contributed by atoms with Gasteiger partial charge in [-0.05, 0) is 48.4 Å². The molecule has 0 aliphatic heterocycles. The molecule has 0 fully saturated rings. The highest BCUT2D eigenvalue weighted by Crippen LogP contribution is 2.45. The molecule has 0 saturated heterocycles. The molecule has 0 aliphatic rings. The molecule has 0 aromatic heterocycles. The van der Waals surface area contributed by atoms with Gasteiger partial charge in [0.1, 0.15) is 18.7 Å². The number of carbonyl (C=O) groups is 3. The van der Waals surface area contributed by atoms with Crippen molar-refractivity contribution in [3.63, 3.8) is 0 Å². The predicted molar refractivity (Wildman–Crippen MR) is 195 cm³/mol. The summed E-state index contributed by atoms with van der Waals surface area (Å²) in [5, 5.41) is 10.2. The Morgan fingerprint density at radius 3 is 1.54 bits per heavy atom. The standard InChI is InChI=1S/C39H52N3O5P/c1-28(2)24-32(22-23-48(46,33-18-12-8-13-19-33)34-20-14-9-15-21-34)40-37(43)35(25-29(3)4)41-38(44)36(26-30(5)6)42-39(45)47-27-31-16-10-7-11-17-31/h7-23,28-30,32,35-36H,24-27H2,1-6H3,(H,40,43)(H,41,44)(H,42,45)/b23-22+/t32-,35+,36+/m1/s1. The SMILES string of the molecule is CC(C)C[C@@H](/C=C/P(=O)(c1ccccc1)c1ccccc1)NC(=O)[C@H](CC(C)C)NC(=O)[C@H](CC(C)C)NC(=O)OCc1ccccc1. The van der Waals surface area contributed by atoms with E-state index >= 15 is 0 Å². The van der Waals surface area contributed by atoms with Gasteiger partial charge in [-0.15, -0.1) is 0 Å². The zero-order valence-electron chi connectivity index (χ0n) is 29.1. The molecule has 0 aliphatic carbocycles. The maximum absolute atomic E-state index is 14.6. The Hall–Kier alpha value is -4.16. The summed E-state index contributed by atoms with van der Waals surface area (Å²) in [5.74, 6) is 1.38. The van der Waals surface area contributed by atoms with E-state index in [1.165, 1.54) is 0 Å². The lowest BCUT2D eigenvalue weighted by Crippen LogP contribution is -2.55. The number of nitrogens with one attached hydrogen (secondary N) is 3. The maximum atomic E-state index is 14.6. The maximum Gasteiger partial charge on any atom is 0.408 e. The predicted octanol–water partition coefficient (Wildman–Crippen LogP) is 6.92. The summed E-state index contributed by atoms with van der Waals surface area (Å²) >= 11 is 0. The van der Waals surface area contributed by atoms with Crippen molar-refractivity contribution in [1.29, 1.82) is 0 Å². The molecule has 8 nitrogen and oxygen atoms in total. The highest BCUT2D eigenvalue weighted by atomic mass is 31.2. The molecule has 3 atom stereocenters. The molecule has 0 unspecified atom stereocenters. The second-order valence-corrected chi connectivity index (χ2v) is 16.1. The number of alkyl carbamates (subject to hydrolysis) is 1. The van der Waals surface area contributed by atoms with Gasteiger partial charge in [-0.2, -0.15) is 0 Å². The van der Waals surface area contributed by atoms with Crippen molar-refractivity contribution >= 4 is 35.7 Å². The van der Waals surface area contributed by atoms with E-state index < -0.39 is 37.3 Å². The van der Waals surface area contributed by atoms with Gasteiger partial charge in [0, 0.05) is 16.7 Å². The molecule has 0 spiro atoms. The van der Waals surface area contributed by atoms with Crippen molar-refractivity contribution in [2.75, 3.05) is 0 Å². The van der Waals surface area contributed by atoms with Crippen LogP contribution in [0.25, 0.3) is 0 Å². The van der Waals surface area contributed by atoms with Crippen molar-refractivity contribution in [2.45, 2.75) is 85.5 Å². The van der Waals surface area contributed by atoms with Crippen LogP contribution in [0, 0.1) is 17.8 Å². The zero-order valence-corrected chi connectivity index (χ0v) is 30.0. The Bertz CT molecular complexity index is 1470. The molecule has 48 heavy (non-hydrogen) atoms. The first-order chi connectivity index (χ1) is 22.9. The summed E-state index contributed by atoms with van der Waals surface area (Å²) in [6.45, 7) is 12.1. The van der Waals surface area contributed by atoms with Crippen molar-refractivity contribution in [1.82, 2.24) is 16.0 Å². The first-order valence-electron chi connectivity index (χ1n) is 16.9. The van der Waals surface area contributed by atoms with Gasteiger partial charge in [-0.1, -0.05) is 139 Å². The highest BCUT2D eigenvalue weighted by Gasteiger charge is 2.30. The van der Waals surface area contributed by atoms with Crippen LogP contribution in [-0.4, -0.2) is 36.0 Å². The van der Waals surface area contributed by atoms with Gasteiger partial charge in [0.25, 0.3) is 0 Å². The Morgan fingerprint density at radius 1 is 0.625 bits per heavy atom. The van der Waals surface area contributed by atoms with Crippen molar-refractivity contribution in [3.05, 3.63) is 108 Å². The number of ether oxygens (including phenoxy) is 1. The molecule has 3 N–H and O–H groups in total. The number of carbonyl (C=O) groups excluding carboxylic acids is 3. The van der Waals surface area contributed by atoms with Gasteiger partial charge in [0.2, 0.25) is 11.8 Å². The first kappa shape index (κ1) is 38.3. The quantitative estimate of drug-likeness (QED) is 0.135. The van der Waals surface area contributed by atoms with Gasteiger partial charge in [0.15, 0.2) is 7.14 Å². The average molecular weight is 674 g/mol. The molecule has 3 aromatic rings. The summed E-state index contributed by atoms with van der Waals surface area (Å²) < 4.78 is 20.0. The molecule has 0 saturated carbocycles. The third kappa shape index (κ3) is 12.5. The smallest absolute Gasteiger partial charge is 0.408 e. The summed E-state index contributed by atoms with van der Waals surface area (Å²) in [4.78, 5) is 40.2. The van der Waals surface area contributed by atoms with E-state index in [0.29, 0.717) is 29.9 Å². The molecule has 3 amide bonds. The Kier molecular flexibility index (Phi) is 15.1. The van der Waals surface area contributed by atoms with E-state index in [2.05, 4.69) is 29.8 Å². The summed E-state index contributed by atoms with van der Waals surface area (Å²) in [7, 11) is -3.15. The highest BCUT2D eigenvalue weighted by molar-refractivity contribution is 7.81.